The first kappa shape index (κ1) is 39.5. The zero-order valence-electron chi connectivity index (χ0n) is 30.1. The van der Waals surface area contributed by atoms with E-state index in [0.717, 1.165) is 56.4 Å². The standard InChI is InChI=1S/C41H34O8S8/c50-37-46-25(19-54-37)15-42-33-11-9-23(13-35(33)44-17-27-21-56-39(52)48-27)41(31-7-3-1-5-29(31)30-6-2-4-8-32(30)41)24-10-12-34(43-16-26-20-55-38(51)47-26)36(14-24)45-18-28-22-57-40(53)49-28/h1-14,25-28H,15-22H2. The van der Waals surface area contributed by atoms with Crippen LogP contribution in [0.15, 0.2) is 84.9 Å². The second kappa shape index (κ2) is 17.3. The van der Waals surface area contributed by atoms with E-state index in [1.807, 2.05) is 12.1 Å². The van der Waals surface area contributed by atoms with E-state index in [2.05, 4.69) is 72.8 Å². The van der Waals surface area contributed by atoms with Gasteiger partial charge in [-0.15, -0.1) is 0 Å². The van der Waals surface area contributed by atoms with Crippen LogP contribution in [0.5, 0.6) is 23.0 Å². The normalized spacial score (nSPS) is 22.9. The molecule has 4 saturated heterocycles. The van der Waals surface area contributed by atoms with Crippen LogP contribution in [-0.2, 0) is 24.4 Å². The Bertz CT molecular complexity index is 2080. The third-order valence-corrected chi connectivity index (χ3v) is 15.3. The molecule has 4 heterocycles. The Hall–Kier alpha value is -2.96. The molecule has 8 nitrogen and oxygen atoms in total. The summed E-state index contributed by atoms with van der Waals surface area (Å²) in [5.74, 6) is 5.27. The Morgan fingerprint density at radius 2 is 0.789 bits per heavy atom. The number of thiocarbonyl (C=S) groups is 4. The monoisotopic (exact) mass is 910 g/mol. The Kier molecular flexibility index (Phi) is 12.0. The summed E-state index contributed by atoms with van der Waals surface area (Å²) in [6.45, 7) is 1.25. The van der Waals surface area contributed by atoms with Gasteiger partial charge in [-0.2, -0.15) is 0 Å². The first-order chi connectivity index (χ1) is 27.8. The van der Waals surface area contributed by atoms with Crippen molar-refractivity contribution in [2.75, 3.05) is 49.4 Å². The zero-order chi connectivity index (χ0) is 38.9. The summed E-state index contributed by atoms with van der Waals surface area (Å²) in [6, 6.07) is 29.5. The lowest BCUT2D eigenvalue weighted by molar-refractivity contribution is 0.132. The first-order valence-electron chi connectivity index (χ1n) is 18.2. The van der Waals surface area contributed by atoms with Crippen molar-refractivity contribution in [3.63, 3.8) is 0 Å². The van der Waals surface area contributed by atoms with Crippen LogP contribution in [0.1, 0.15) is 22.3 Å². The van der Waals surface area contributed by atoms with Gasteiger partial charge in [-0.25, -0.2) is 0 Å². The van der Waals surface area contributed by atoms with Crippen LogP contribution in [-0.4, -0.2) is 91.4 Å². The van der Waals surface area contributed by atoms with E-state index in [-0.39, 0.29) is 24.4 Å². The van der Waals surface area contributed by atoms with Crippen molar-refractivity contribution in [2.45, 2.75) is 29.8 Å². The largest absolute Gasteiger partial charge is 0.486 e. The summed E-state index contributed by atoms with van der Waals surface area (Å²) in [7, 11) is 0. The van der Waals surface area contributed by atoms with Crippen LogP contribution in [0.25, 0.3) is 11.1 Å². The van der Waals surface area contributed by atoms with Gasteiger partial charge in [0.15, 0.2) is 23.0 Å². The van der Waals surface area contributed by atoms with E-state index in [4.69, 9.17) is 86.8 Å². The fourth-order valence-corrected chi connectivity index (χ4v) is 11.6. The highest BCUT2D eigenvalue weighted by molar-refractivity contribution is 8.24. The van der Waals surface area contributed by atoms with Gasteiger partial charge in [-0.05, 0) is 107 Å². The molecule has 4 aromatic rings. The maximum absolute atomic E-state index is 6.61. The van der Waals surface area contributed by atoms with Crippen molar-refractivity contribution in [2.24, 2.45) is 0 Å². The van der Waals surface area contributed by atoms with Gasteiger partial charge in [0.1, 0.15) is 50.8 Å². The molecule has 1 aliphatic carbocycles. The second-order valence-corrected chi connectivity index (χ2v) is 20.1. The second-order valence-electron chi connectivity index (χ2n) is 13.6. The number of thioether (sulfide) groups is 4. The van der Waals surface area contributed by atoms with Gasteiger partial charge in [0.25, 0.3) is 0 Å². The van der Waals surface area contributed by atoms with Crippen molar-refractivity contribution in [1.82, 2.24) is 0 Å². The maximum atomic E-state index is 6.61. The van der Waals surface area contributed by atoms with Crippen LogP contribution in [0.2, 0.25) is 0 Å². The molecule has 0 saturated carbocycles. The first-order valence-corrected chi connectivity index (χ1v) is 23.7. The molecule has 0 N–H and O–H groups in total. The summed E-state index contributed by atoms with van der Waals surface area (Å²) >= 11 is 27.2. The lowest BCUT2D eigenvalue weighted by atomic mass is 9.67. The van der Waals surface area contributed by atoms with E-state index in [1.165, 1.54) is 47.0 Å². The minimum absolute atomic E-state index is 0.152. The van der Waals surface area contributed by atoms with E-state index >= 15 is 0 Å². The van der Waals surface area contributed by atoms with Gasteiger partial charge in [0.2, 0.25) is 17.5 Å². The average Bonchev–Trinajstić information content (AvgIpc) is 4.08. The SMILES string of the molecule is S=C1OC(COc2ccc(C3(c4ccc(OCC5CSC(=S)O5)c(OCC5CSC(=S)O5)c4)c4ccccc4-c4ccccc43)cc2OCC2CSC(=S)O2)CS1. The van der Waals surface area contributed by atoms with Crippen LogP contribution in [0, 0.1) is 0 Å². The van der Waals surface area contributed by atoms with Gasteiger partial charge in [0, 0.05) is 23.0 Å². The van der Waals surface area contributed by atoms with Crippen LogP contribution < -0.4 is 18.9 Å². The van der Waals surface area contributed by atoms with Crippen LogP contribution in [0.3, 0.4) is 0 Å². The van der Waals surface area contributed by atoms with Crippen molar-refractivity contribution in [3.8, 4) is 34.1 Å². The quantitative estimate of drug-likeness (QED) is 0.0994. The molecule has 9 rings (SSSR count). The lowest BCUT2D eigenvalue weighted by Crippen LogP contribution is -2.29. The molecule has 0 spiro atoms. The minimum Gasteiger partial charge on any atom is -0.486 e. The molecule has 4 unspecified atom stereocenters. The number of benzene rings is 4. The molecule has 5 aliphatic rings. The van der Waals surface area contributed by atoms with Crippen molar-refractivity contribution < 1.29 is 37.9 Å². The number of hydrogen-bond donors (Lipinski definition) is 0. The smallest absolute Gasteiger partial charge is 0.220 e. The molecular formula is C41H34O8S8. The minimum atomic E-state index is -0.794. The van der Waals surface area contributed by atoms with Gasteiger partial charge < -0.3 is 37.9 Å². The number of rotatable bonds is 14. The Morgan fingerprint density at radius 1 is 0.456 bits per heavy atom. The molecule has 0 amide bonds. The topological polar surface area (TPSA) is 73.8 Å². The third kappa shape index (κ3) is 8.30. The molecule has 0 bridgehead atoms. The van der Waals surface area contributed by atoms with E-state index in [1.54, 1.807) is 0 Å². The van der Waals surface area contributed by atoms with Crippen LogP contribution >= 0.6 is 95.9 Å². The summed E-state index contributed by atoms with van der Waals surface area (Å²) in [6.07, 6.45) is -0.665. The van der Waals surface area contributed by atoms with Gasteiger partial charge in [0.05, 0.1) is 5.41 Å². The molecule has 0 radical (unpaired) electrons. The van der Waals surface area contributed by atoms with Crippen molar-refractivity contribution >= 4 is 113 Å². The van der Waals surface area contributed by atoms with E-state index < -0.39 is 5.41 Å². The Balaban J connectivity index is 1.15. The highest BCUT2D eigenvalue weighted by Gasteiger charge is 2.47. The van der Waals surface area contributed by atoms with Crippen molar-refractivity contribution in [3.05, 3.63) is 107 Å². The van der Waals surface area contributed by atoms with E-state index in [9.17, 15) is 0 Å². The van der Waals surface area contributed by atoms with Gasteiger partial charge in [-0.3, -0.25) is 0 Å². The molecule has 0 aromatic heterocycles. The average molecular weight is 911 g/mol. The third-order valence-electron chi connectivity index (χ3n) is 10.0. The molecule has 16 heteroatoms. The van der Waals surface area contributed by atoms with Crippen LogP contribution in [0.4, 0.5) is 0 Å². The van der Waals surface area contributed by atoms with E-state index in [0.29, 0.717) is 67.0 Å². The predicted octanol–water partition coefficient (Wildman–Crippen LogP) is 9.23. The molecule has 57 heavy (non-hydrogen) atoms. The highest BCUT2D eigenvalue weighted by Crippen LogP contribution is 2.57. The number of fused-ring (bicyclic) bond motifs is 3. The number of ether oxygens (including phenoxy) is 8. The van der Waals surface area contributed by atoms with Gasteiger partial charge >= 0.3 is 0 Å². The van der Waals surface area contributed by atoms with Gasteiger partial charge in [-0.1, -0.05) is 108 Å². The zero-order valence-corrected chi connectivity index (χ0v) is 36.6. The Morgan fingerprint density at radius 3 is 1.12 bits per heavy atom. The molecule has 4 atom stereocenters. The fourth-order valence-electron chi connectivity index (χ4n) is 7.49. The molecule has 4 fully saturated rings. The predicted molar refractivity (Wildman–Crippen MR) is 245 cm³/mol. The summed E-state index contributed by atoms with van der Waals surface area (Å²) < 4.78 is 51.6. The molecular weight excluding hydrogens is 877 g/mol. The fraction of sp³-hybridized carbons (Fsp3) is 0.317. The summed E-state index contributed by atoms with van der Waals surface area (Å²) in [5, 5.41) is 0. The number of hydrogen-bond acceptors (Lipinski definition) is 16. The van der Waals surface area contributed by atoms with Crippen molar-refractivity contribution in [1.29, 1.82) is 0 Å². The molecule has 4 aliphatic heterocycles. The highest BCUT2D eigenvalue weighted by atomic mass is 32.2. The molecule has 4 aromatic carbocycles. The maximum Gasteiger partial charge on any atom is 0.220 e. The summed E-state index contributed by atoms with van der Waals surface area (Å²) in [5.41, 5.74) is 5.72. The lowest BCUT2D eigenvalue weighted by Gasteiger charge is -2.35. The Labute approximate surface area is 369 Å². The summed E-state index contributed by atoms with van der Waals surface area (Å²) in [4.78, 5) is 0. The molecule has 294 valence electrons.